The quantitative estimate of drug-likeness (QED) is 0.867. The summed E-state index contributed by atoms with van der Waals surface area (Å²) >= 11 is 0. The summed E-state index contributed by atoms with van der Waals surface area (Å²) in [5.74, 6) is 2.34. The van der Waals surface area contributed by atoms with E-state index in [0.29, 0.717) is 23.6 Å². The highest BCUT2D eigenvalue weighted by Gasteiger charge is 2.34. The van der Waals surface area contributed by atoms with E-state index in [9.17, 15) is 0 Å². The van der Waals surface area contributed by atoms with Crippen LogP contribution in [0.4, 0.5) is 0 Å². The second-order valence-electron chi connectivity index (χ2n) is 5.41. The van der Waals surface area contributed by atoms with Gasteiger partial charge in [0.2, 0.25) is 11.8 Å². The van der Waals surface area contributed by atoms with Crippen molar-refractivity contribution >= 4 is 0 Å². The van der Waals surface area contributed by atoms with Crippen LogP contribution in [0.25, 0.3) is 0 Å². The Morgan fingerprint density at radius 2 is 2.15 bits per heavy atom. The van der Waals surface area contributed by atoms with Crippen molar-refractivity contribution in [1.82, 2.24) is 15.3 Å². The normalized spacial score (nSPS) is 23.6. The van der Waals surface area contributed by atoms with Crippen LogP contribution >= 0.6 is 0 Å². The third-order valence-corrected chi connectivity index (χ3v) is 4.22. The highest BCUT2D eigenvalue weighted by molar-refractivity contribution is 5.26. The SMILES string of the molecule is CCNC(c1ncc(OC)nc1OC)C1CCCC1C. The predicted molar refractivity (Wildman–Crippen MR) is 78.1 cm³/mol. The summed E-state index contributed by atoms with van der Waals surface area (Å²) in [5.41, 5.74) is 0.897. The standard InChI is InChI=1S/C15H25N3O2/c1-5-16-13(11-8-6-7-10(11)2)14-15(20-4)18-12(19-3)9-17-14/h9-11,13,16H,5-8H2,1-4H3. The van der Waals surface area contributed by atoms with Crippen molar-refractivity contribution in [3.8, 4) is 11.8 Å². The van der Waals surface area contributed by atoms with Crippen molar-refractivity contribution in [3.63, 3.8) is 0 Å². The molecule has 0 radical (unpaired) electrons. The molecule has 1 aromatic heterocycles. The average Bonchev–Trinajstić information content (AvgIpc) is 2.90. The first kappa shape index (κ1) is 15.0. The van der Waals surface area contributed by atoms with Gasteiger partial charge in [0.15, 0.2) is 0 Å². The van der Waals surface area contributed by atoms with E-state index in [0.717, 1.165) is 12.2 Å². The van der Waals surface area contributed by atoms with Gasteiger partial charge in [-0.1, -0.05) is 26.7 Å². The van der Waals surface area contributed by atoms with Crippen LogP contribution in [0.15, 0.2) is 6.20 Å². The summed E-state index contributed by atoms with van der Waals surface area (Å²) in [6.07, 6.45) is 5.48. The number of rotatable bonds is 6. The smallest absolute Gasteiger partial charge is 0.240 e. The van der Waals surface area contributed by atoms with E-state index < -0.39 is 0 Å². The van der Waals surface area contributed by atoms with Gasteiger partial charge in [-0.25, -0.2) is 4.98 Å². The first-order valence-corrected chi connectivity index (χ1v) is 7.39. The third kappa shape index (κ3) is 3.03. The van der Waals surface area contributed by atoms with Crippen molar-refractivity contribution in [2.75, 3.05) is 20.8 Å². The number of methoxy groups -OCH3 is 2. The first-order chi connectivity index (χ1) is 9.71. The Hall–Kier alpha value is -1.36. The monoisotopic (exact) mass is 279 g/mol. The van der Waals surface area contributed by atoms with Gasteiger partial charge in [-0.05, 0) is 24.8 Å². The lowest BCUT2D eigenvalue weighted by Gasteiger charge is -2.28. The van der Waals surface area contributed by atoms with E-state index in [1.807, 2.05) is 0 Å². The van der Waals surface area contributed by atoms with Gasteiger partial charge in [-0.3, -0.25) is 0 Å². The molecule has 2 rings (SSSR count). The molecule has 0 amide bonds. The molecule has 3 unspecified atom stereocenters. The molecule has 5 nitrogen and oxygen atoms in total. The molecule has 1 aliphatic rings. The van der Waals surface area contributed by atoms with Crippen molar-refractivity contribution in [1.29, 1.82) is 0 Å². The summed E-state index contributed by atoms with van der Waals surface area (Å²) in [4.78, 5) is 8.91. The molecule has 1 fully saturated rings. The lowest BCUT2D eigenvalue weighted by molar-refractivity contribution is 0.283. The Balaban J connectivity index is 2.33. The zero-order chi connectivity index (χ0) is 14.5. The maximum atomic E-state index is 5.42. The van der Waals surface area contributed by atoms with Crippen LogP contribution in [-0.4, -0.2) is 30.7 Å². The Kier molecular flexibility index (Phi) is 5.17. The van der Waals surface area contributed by atoms with Crippen molar-refractivity contribution in [3.05, 3.63) is 11.9 Å². The van der Waals surface area contributed by atoms with Crippen LogP contribution in [0, 0.1) is 11.8 Å². The molecular weight excluding hydrogens is 254 g/mol. The maximum Gasteiger partial charge on any atom is 0.240 e. The number of ether oxygens (including phenoxy) is 2. The van der Waals surface area contributed by atoms with Gasteiger partial charge in [0.1, 0.15) is 5.69 Å². The molecule has 1 saturated carbocycles. The number of hydrogen-bond acceptors (Lipinski definition) is 5. The summed E-state index contributed by atoms with van der Waals surface area (Å²) in [7, 11) is 3.22. The maximum absolute atomic E-state index is 5.42. The molecule has 112 valence electrons. The molecule has 0 aliphatic heterocycles. The first-order valence-electron chi connectivity index (χ1n) is 7.39. The van der Waals surface area contributed by atoms with Gasteiger partial charge in [0.05, 0.1) is 26.5 Å². The van der Waals surface area contributed by atoms with Gasteiger partial charge in [0.25, 0.3) is 0 Å². The zero-order valence-corrected chi connectivity index (χ0v) is 12.8. The molecular formula is C15H25N3O2. The molecule has 1 aliphatic carbocycles. The molecule has 20 heavy (non-hydrogen) atoms. The fraction of sp³-hybridized carbons (Fsp3) is 0.733. The molecule has 0 aromatic carbocycles. The number of hydrogen-bond donors (Lipinski definition) is 1. The van der Waals surface area contributed by atoms with E-state index in [1.54, 1.807) is 20.4 Å². The Bertz CT molecular complexity index is 439. The minimum Gasteiger partial charge on any atom is -0.480 e. The van der Waals surface area contributed by atoms with Gasteiger partial charge < -0.3 is 14.8 Å². The molecule has 1 aromatic rings. The van der Waals surface area contributed by atoms with Crippen LogP contribution in [0.2, 0.25) is 0 Å². The van der Waals surface area contributed by atoms with Crippen molar-refractivity contribution < 1.29 is 9.47 Å². The topological polar surface area (TPSA) is 56.3 Å². The lowest BCUT2D eigenvalue weighted by atomic mass is 9.88. The van der Waals surface area contributed by atoms with Crippen molar-refractivity contribution in [2.24, 2.45) is 11.8 Å². The highest BCUT2D eigenvalue weighted by Crippen LogP contribution is 2.41. The molecule has 5 heteroatoms. The van der Waals surface area contributed by atoms with Crippen molar-refractivity contribution in [2.45, 2.75) is 39.2 Å². The zero-order valence-electron chi connectivity index (χ0n) is 12.8. The van der Waals surface area contributed by atoms with E-state index in [1.165, 1.54) is 19.3 Å². The number of nitrogens with zero attached hydrogens (tertiary/aromatic N) is 2. The Morgan fingerprint density at radius 1 is 1.35 bits per heavy atom. The van der Waals surface area contributed by atoms with E-state index in [2.05, 4.69) is 29.1 Å². The van der Waals surface area contributed by atoms with Gasteiger partial charge >= 0.3 is 0 Å². The average molecular weight is 279 g/mol. The van der Waals surface area contributed by atoms with Crippen LogP contribution in [0.5, 0.6) is 11.8 Å². The van der Waals surface area contributed by atoms with E-state index in [-0.39, 0.29) is 6.04 Å². The van der Waals surface area contributed by atoms with Crippen LogP contribution < -0.4 is 14.8 Å². The predicted octanol–water partition coefficient (Wildman–Crippen LogP) is 2.58. The molecule has 0 bridgehead atoms. The van der Waals surface area contributed by atoms with Crippen LogP contribution in [0.3, 0.4) is 0 Å². The minimum absolute atomic E-state index is 0.200. The summed E-state index contributed by atoms with van der Waals surface area (Å²) < 4.78 is 10.5. The van der Waals surface area contributed by atoms with Crippen LogP contribution in [-0.2, 0) is 0 Å². The minimum atomic E-state index is 0.200. The number of nitrogens with one attached hydrogen (secondary N) is 1. The largest absolute Gasteiger partial charge is 0.480 e. The fourth-order valence-corrected chi connectivity index (χ4v) is 3.17. The molecule has 0 spiro atoms. The molecule has 1 heterocycles. The van der Waals surface area contributed by atoms with Gasteiger partial charge in [-0.2, -0.15) is 4.98 Å². The molecule has 0 saturated heterocycles. The number of aromatic nitrogens is 2. The summed E-state index contributed by atoms with van der Waals surface area (Å²) in [5, 5.41) is 3.56. The molecule has 3 atom stereocenters. The van der Waals surface area contributed by atoms with Gasteiger partial charge in [-0.15, -0.1) is 0 Å². The fourth-order valence-electron chi connectivity index (χ4n) is 3.17. The Labute approximate surface area is 121 Å². The van der Waals surface area contributed by atoms with E-state index >= 15 is 0 Å². The van der Waals surface area contributed by atoms with Gasteiger partial charge in [0, 0.05) is 0 Å². The van der Waals surface area contributed by atoms with Crippen LogP contribution in [0.1, 0.15) is 44.8 Å². The summed E-state index contributed by atoms with van der Waals surface area (Å²) in [6, 6.07) is 0.200. The molecule has 1 N–H and O–H groups in total. The third-order valence-electron chi connectivity index (χ3n) is 4.22. The lowest BCUT2D eigenvalue weighted by Crippen LogP contribution is -2.31. The summed E-state index contributed by atoms with van der Waals surface area (Å²) in [6.45, 7) is 5.35. The second-order valence-corrected chi connectivity index (χ2v) is 5.41. The highest BCUT2D eigenvalue weighted by atomic mass is 16.5. The second kappa shape index (κ2) is 6.88. The van der Waals surface area contributed by atoms with E-state index in [4.69, 9.17) is 9.47 Å². The Morgan fingerprint density at radius 3 is 2.70 bits per heavy atom.